The van der Waals surface area contributed by atoms with Crippen molar-refractivity contribution in [2.75, 3.05) is 38.2 Å². The van der Waals surface area contributed by atoms with Gasteiger partial charge in [0.05, 0.1) is 18.4 Å². The molecule has 1 atom stereocenters. The molecule has 180 valence electrons. The molecule has 0 aliphatic carbocycles. The summed E-state index contributed by atoms with van der Waals surface area (Å²) in [5.41, 5.74) is -0.232. The number of benzene rings is 2. The number of nitrogens with one attached hydrogen (secondary N) is 1. The number of ether oxygens (including phenoxy) is 1. The first-order valence-corrected chi connectivity index (χ1v) is 11.6. The number of halogens is 3. The number of methoxy groups -OCH3 is 1. The maximum Gasteiger partial charge on any atom is 0.279 e. The molecule has 1 spiro atoms. The molecular formula is C25H22ClF2N5O2. The summed E-state index contributed by atoms with van der Waals surface area (Å²) in [4.78, 5) is 20.3. The highest BCUT2D eigenvalue weighted by Crippen LogP contribution is 2.39. The summed E-state index contributed by atoms with van der Waals surface area (Å²) in [6.07, 6.45) is 1.96. The van der Waals surface area contributed by atoms with Crippen LogP contribution in [0.25, 0.3) is 17.1 Å². The Kier molecular flexibility index (Phi) is 5.95. The van der Waals surface area contributed by atoms with Gasteiger partial charge in [-0.15, -0.1) is 0 Å². The van der Waals surface area contributed by atoms with Crippen molar-refractivity contribution in [1.29, 1.82) is 5.26 Å². The van der Waals surface area contributed by atoms with Crippen LogP contribution in [0.2, 0.25) is 5.02 Å². The van der Waals surface area contributed by atoms with Gasteiger partial charge in [-0.3, -0.25) is 9.36 Å². The molecule has 0 radical (unpaired) electrons. The van der Waals surface area contributed by atoms with Crippen molar-refractivity contribution >= 4 is 17.4 Å². The molecule has 7 nitrogen and oxygen atoms in total. The van der Waals surface area contributed by atoms with Crippen molar-refractivity contribution < 1.29 is 13.5 Å². The van der Waals surface area contributed by atoms with E-state index in [1.54, 1.807) is 6.07 Å². The van der Waals surface area contributed by atoms with Gasteiger partial charge in [-0.25, -0.2) is 13.8 Å². The van der Waals surface area contributed by atoms with Crippen LogP contribution in [0.1, 0.15) is 18.4 Å². The van der Waals surface area contributed by atoms with Crippen LogP contribution < -0.4 is 20.5 Å². The van der Waals surface area contributed by atoms with Crippen molar-refractivity contribution in [1.82, 2.24) is 14.9 Å². The second-order valence-electron chi connectivity index (χ2n) is 8.94. The number of aromatic nitrogens is 2. The molecule has 10 heteroatoms. The van der Waals surface area contributed by atoms with Gasteiger partial charge in [-0.05, 0) is 49.7 Å². The van der Waals surface area contributed by atoms with E-state index in [0.29, 0.717) is 18.9 Å². The number of rotatable bonds is 4. The van der Waals surface area contributed by atoms with Crippen LogP contribution in [0, 0.1) is 28.4 Å². The molecule has 5 rings (SSSR count). The number of hydrogen-bond acceptors (Lipinski definition) is 6. The smallest absolute Gasteiger partial charge is 0.279 e. The second-order valence-corrected chi connectivity index (χ2v) is 9.32. The minimum absolute atomic E-state index is 0.0102. The van der Waals surface area contributed by atoms with Gasteiger partial charge in [0.1, 0.15) is 22.7 Å². The van der Waals surface area contributed by atoms with Gasteiger partial charge in [0.2, 0.25) is 0 Å². The summed E-state index contributed by atoms with van der Waals surface area (Å²) in [7, 11) is 1.34. The van der Waals surface area contributed by atoms with Crippen LogP contribution in [-0.4, -0.2) is 42.8 Å². The van der Waals surface area contributed by atoms with Crippen LogP contribution in [-0.2, 0) is 0 Å². The van der Waals surface area contributed by atoms with E-state index in [1.807, 2.05) is 4.90 Å². The molecule has 2 aromatic carbocycles. The third-order valence-corrected chi connectivity index (χ3v) is 7.15. The molecule has 1 N–H and O–H groups in total. The van der Waals surface area contributed by atoms with Gasteiger partial charge in [-0.1, -0.05) is 11.6 Å². The molecule has 2 fully saturated rings. The van der Waals surface area contributed by atoms with E-state index in [4.69, 9.17) is 26.6 Å². The molecule has 3 heterocycles. The molecule has 35 heavy (non-hydrogen) atoms. The average Bonchev–Trinajstić information content (AvgIpc) is 3.50. The highest BCUT2D eigenvalue weighted by molar-refractivity contribution is 6.32. The number of nitriles is 1. The molecule has 2 aliphatic heterocycles. The first-order chi connectivity index (χ1) is 16.9. The standard InChI is InChI=1S/C25H22ClF2N5O2/c1-35-20-5-4-17(11-19(20)28)33-22(15-2-3-16(12-29)18(27)10-15)31-23(21(26)24(33)34)32-9-7-25(14-32)6-8-30-13-25/h2-5,10-11,30H,6-9,13-14H2,1H3. The van der Waals surface area contributed by atoms with E-state index in [1.165, 1.54) is 31.4 Å². The molecule has 1 aromatic heterocycles. The lowest BCUT2D eigenvalue weighted by Gasteiger charge is -2.25. The molecule has 3 aromatic rings. The average molecular weight is 498 g/mol. The van der Waals surface area contributed by atoms with Crippen molar-refractivity contribution in [3.05, 3.63) is 69.0 Å². The Morgan fingerprint density at radius 1 is 1.20 bits per heavy atom. The van der Waals surface area contributed by atoms with Crippen molar-refractivity contribution in [2.24, 2.45) is 5.41 Å². The highest BCUT2D eigenvalue weighted by Gasteiger charge is 2.41. The zero-order chi connectivity index (χ0) is 24.7. The fourth-order valence-electron chi connectivity index (χ4n) is 4.93. The molecule has 0 amide bonds. The van der Waals surface area contributed by atoms with E-state index in [0.717, 1.165) is 42.6 Å². The number of hydrogen-bond donors (Lipinski definition) is 1. The van der Waals surface area contributed by atoms with Gasteiger partial charge in [0.15, 0.2) is 17.4 Å². The topological polar surface area (TPSA) is 83.2 Å². The van der Waals surface area contributed by atoms with E-state index >= 15 is 0 Å². The van der Waals surface area contributed by atoms with Crippen molar-refractivity contribution in [3.8, 4) is 28.9 Å². The Morgan fingerprint density at radius 3 is 2.69 bits per heavy atom. The van der Waals surface area contributed by atoms with E-state index in [2.05, 4.69) is 5.32 Å². The molecule has 2 saturated heterocycles. The first kappa shape index (κ1) is 23.3. The predicted molar refractivity (Wildman–Crippen MR) is 128 cm³/mol. The number of anilines is 1. The summed E-state index contributed by atoms with van der Waals surface area (Å²) in [5, 5.41) is 12.4. The zero-order valence-corrected chi connectivity index (χ0v) is 19.7. The summed E-state index contributed by atoms with van der Waals surface area (Å²) in [5.74, 6) is -1.01. The third-order valence-electron chi connectivity index (χ3n) is 6.82. The van der Waals surface area contributed by atoms with Gasteiger partial charge in [0.25, 0.3) is 5.56 Å². The predicted octanol–water partition coefficient (Wildman–Crippen LogP) is 3.90. The zero-order valence-electron chi connectivity index (χ0n) is 18.9. The van der Waals surface area contributed by atoms with Crippen molar-refractivity contribution in [2.45, 2.75) is 12.8 Å². The summed E-state index contributed by atoms with van der Waals surface area (Å²) >= 11 is 6.57. The van der Waals surface area contributed by atoms with Crippen molar-refractivity contribution in [3.63, 3.8) is 0 Å². The highest BCUT2D eigenvalue weighted by atomic mass is 35.5. The van der Waals surface area contributed by atoms with Gasteiger partial charge in [0, 0.05) is 36.7 Å². The Balaban J connectivity index is 1.70. The van der Waals surface area contributed by atoms with Crippen LogP contribution in [0.3, 0.4) is 0 Å². The molecular weight excluding hydrogens is 476 g/mol. The minimum atomic E-state index is -0.750. The summed E-state index contributed by atoms with van der Waals surface area (Å²) in [6, 6.07) is 9.77. The third kappa shape index (κ3) is 4.03. The molecule has 2 aliphatic rings. The Morgan fingerprint density at radius 2 is 2.03 bits per heavy atom. The first-order valence-electron chi connectivity index (χ1n) is 11.2. The Labute approximate surface area is 205 Å². The van der Waals surface area contributed by atoms with Crippen LogP contribution in [0.4, 0.5) is 14.6 Å². The van der Waals surface area contributed by atoms with Crippen LogP contribution in [0.15, 0.2) is 41.2 Å². The molecule has 0 saturated carbocycles. The van der Waals surface area contributed by atoms with Crippen LogP contribution >= 0.6 is 11.6 Å². The Bertz CT molecular complexity index is 1410. The normalized spacial score (nSPS) is 19.3. The second kappa shape index (κ2) is 8.95. The summed E-state index contributed by atoms with van der Waals surface area (Å²) < 4.78 is 35.2. The van der Waals surface area contributed by atoms with E-state index in [9.17, 15) is 13.6 Å². The maximum absolute atomic E-state index is 14.6. The van der Waals surface area contributed by atoms with Gasteiger partial charge < -0.3 is 15.0 Å². The SMILES string of the molecule is COc1ccc(-n2c(-c3ccc(C#N)c(F)c3)nc(N3CCC4(CCNC4)C3)c(Cl)c2=O)cc1F. The Hall–Kier alpha value is -3.48. The van der Waals surface area contributed by atoms with E-state index in [-0.39, 0.29) is 38.8 Å². The van der Waals surface area contributed by atoms with Crippen LogP contribution in [0.5, 0.6) is 5.75 Å². The lowest BCUT2D eigenvalue weighted by Crippen LogP contribution is -2.32. The fourth-order valence-corrected chi connectivity index (χ4v) is 5.18. The van der Waals surface area contributed by atoms with Gasteiger partial charge in [-0.2, -0.15) is 5.26 Å². The van der Waals surface area contributed by atoms with E-state index < -0.39 is 17.2 Å². The minimum Gasteiger partial charge on any atom is -0.494 e. The fraction of sp³-hybridized carbons (Fsp3) is 0.320. The molecule has 0 bridgehead atoms. The lowest BCUT2D eigenvalue weighted by molar-refractivity contribution is 0.369. The quantitative estimate of drug-likeness (QED) is 0.588. The monoisotopic (exact) mass is 497 g/mol. The lowest BCUT2D eigenvalue weighted by atomic mass is 9.87. The number of nitrogens with zero attached hydrogens (tertiary/aromatic N) is 4. The summed E-state index contributed by atoms with van der Waals surface area (Å²) in [6.45, 7) is 3.19. The largest absolute Gasteiger partial charge is 0.494 e. The maximum atomic E-state index is 14.6. The molecule has 1 unspecified atom stereocenters. The van der Waals surface area contributed by atoms with Gasteiger partial charge >= 0.3 is 0 Å².